The Bertz CT molecular complexity index is 991. The van der Waals surface area contributed by atoms with Crippen molar-refractivity contribution >= 4 is 12.2 Å². The van der Waals surface area contributed by atoms with Crippen LogP contribution in [-0.2, 0) is 36.9 Å². The minimum Gasteiger partial charge on any atom is -0.444 e. The number of carbonyl (C=O) groups excluding carboxylic acids is 2. The van der Waals surface area contributed by atoms with Gasteiger partial charge in [-0.25, -0.2) is 9.59 Å². The van der Waals surface area contributed by atoms with E-state index in [9.17, 15) is 14.7 Å². The number of amides is 2. The highest BCUT2D eigenvalue weighted by Crippen LogP contribution is 2.08. The molecule has 0 aliphatic rings. The molecule has 0 saturated carbocycles. The van der Waals surface area contributed by atoms with E-state index in [1.165, 1.54) is 0 Å². The SMILES string of the molecule is CC(C)(C)OC(=O)N[C@@H](CO)COCc1ccccc1.CCOC[C@@H](COCc1ccccc1)NC(=O)OC(C)(C)C. The number of benzene rings is 2. The molecule has 2 rings (SSSR count). The molecule has 2 amide bonds. The molecule has 2 aromatic carbocycles. The molecule has 0 bridgehead atoms. The quantitative estimate of drug-likeness (QED) is 0.274. The fraction of sp³-hybridized carbons (Fsp3) is 0.562. The standard InChI is InChI=1S/C17H27NO4.C15H23NO4/c1-5-20-12-15(18-16(19)22-17(2,3)4)13-21-11-14-9-7-6-8-10-14;1-15(2,3)20-14(18)16-13(9-17)11-19-10-12-7-5-4-6-8-12/h6-10,15H,5,11-13H2,1-4H3,(H,18,19);4-8,13,17H,9-11H2,1-3H3,(H,16,18)/t15-;13-/m00/s1. The Balaban J connectivity index is 0.000000422. The molecule has 0 aromatic heterocycles. The van der Waals surface area contributed by atoms with E-state index >= 15 is 0 Å². The molecule has 0 aliphatic heterocycles. The Morgan fingerprint density at radius 2 is 1.05 bits per heavy atom. The highest BCUT2D eigenvalue weighted by Gasteiger charge is 2.20. The van der Waals surface area contributed by atoms with Crippen LogP contribution in [0.25, 0.3) is 0 Å². The van der Waals surface area contributed by atoms with Crippen LogP contribution in [-0.4, -0.2) is 73.6 Å². The maximum absolute atomic E-state index is 11.8. The Morgan fingerprint density at radius 3 is 1.43 bits per heavy atom. The number of nitrogens with one attached hydrogen (secondary N) is 2. The lowest BCUT2D eigenvalue weighted by molar-refractivity contribution is 0.0277. The summed E-state index contributed by atoms with van der Waals surface area (Å²) in [5, 5.41) is 14.6. The van der Waals surface area contributed by atoms with Crippen LogP contribution in [0.1, 0.15) is 59.6 Å². The Labute approximate surface area is 251 Å². The van der Waals surface area contributed by atoms with Gasteiger partial charge in [-0.3, -0.25) is 0 Å². The summed E-state index contributed by atoms with van der Waals surface area (Å²) in [7, 11) is 0. The first-order valence-corrected chi connectivity index (χ1v) is 14.2. The fourth-order valence-electron chi connectivity index (χ4n) is 3.27. The molecule has 0 spiro atoms. The lowest BCUT2D eigenvalue weighted by atomic mass is 10.2. The number of aliphatic hydroxyl groups is 1. The van der Waals surface area contributed by atoms with Crippen LogP contribution in [0.4, 0.5) is 9.59 Å². The Hall–Kier alpha value is -3.18. The highest BCUT2D eigenvalue weighted by atomic mass is 16.6. The minimum absolute atomic E-state index is 0.200. The summed E-state index contributed by atoms with van der Waals surface area (Å²) >= 11 is 0. The zero-order valence-electron chi connectivity index (χ0n) is 26.2. The molecule has 0 fully saturated rings. The van der Waals surface area contributed by atoms with Crippen molar-refractivity contribution in [2.24, 2.45) is 0 Å². The number of ether oxygens (including phenoxy) is 5. The molecular formula is C32H50N2O8. The first-order valence-electron chi connectivity index (χ1n) is 14.2. The number of rotatable bonds is 14. The first-order chi connectivity index (χ1) is 19.8. The van der Waals surface area contributed by atoms with E-state index in [-0.39, 0.29) is 19.3 Å². The molecule has 2 aromatic rings. The van der Waals surface area contributed by atoms with Crippen molar-refractivity contribution < 1.29 is 38.4 Å². The molecule has 3 N–H and O–H groups in total. The molecule has 10 heteroatoms. The minimum atomic E-state index is -0.561. The zero-order chi connectivity index (χ0) is 31.4. The largest absolute Gasteiger partial charge is 0.444 e. The van der Waals surface area contributed by atoms with E-state index in [1.807, 2.05) is 88.4 Å². The van der Waals surface area contributed by atoms with Crippen LogP contribution in [0.5, 0.6) is 0 Å². The van der Waals surface area contributed by atoms with Crippen molar-refractivity contribution in [3.63, 3.8) is 0 Å². The maximum atomic E-state index is 11.8. The van der Waals surface area contributed by atoms with Crippen LogP contribution < -0.4 is 10.6 Å². The number of alkyl carbamates (subject to hydrolysis) is 2. The average Bonchev–Trinajstić information content (AvgIpc) is 2.90. The summed E-state index contributed by atoms with van der Waals surface area (Å²) in [6, 6.07) is 18.9. The monoisotopic (exact) mass is 590 g/mol. The van der Waals surface area contributed by atoms with E-state index < -0.39 is 29.4 Å². The summed E-state index contributed by atoms with van der Waals surface area (Å²) in [4.78, 5) is 23.4. The van der Waals surface area contributed by atoms with Gasteiger partial charge >= 0.3 is 12.2 Å². The molecule has 2 atom stereocenters. The first kappa shape index (κ1) is 36.8. The molecule has 236 valence electrons. The number of carbonyl (C=O) groups is 2. The van der Waals surface area contributed by atoms with Gasteiger partial charge < -0.3 is 39.4 Å². The van der Waals surface area contributed by atoms with E-state index in [4.69, 9.17) is 23.7 Å². The second kappa shape index (κ2) is 19.9. The second-order valence-corrected chi connectivity index (χ2v) is 11.5. The summed E-state index contributed by atoms with van der Waals surface area (Å²) < 4.78 is 26.9. The maximum Gasteiger partial charge on any atom is 0.408 e. The predicted octanol–water partition coefficient (Wildman–Crippen LogP) is 5.22. The van der Waals surface area contributed by atoms with Gasteiger partial charge in [0.05, 0.1) is 51.7 Å². The van der Waals surface area contributed by atoms with Crippen molar-refractivity contribution in [3.05, 3.63) is 71.8 Å². The van der Waals surface area contributed by atoms with Gasteiger partial charge in [-0.2, -0.15) is 0 Å². The van der Waals surface area contributed by atoms with Crippen molar-refractivity contribution in [2.45, 2.75) is 85.0 Å². The summed E-state index contributed by atoms with van der Waals surface area (Å²) in [5.41, 5.74) is 1.05. The highest BCUT2D eigenvalue weighted by molar-refractivity contribution is 5.68. The van der Waals surface area contributed by atoms with Gasteiger partial charge in [0.2, 0.25) is 0 Å². The lowest BCUT2D eigenvalue weighted by Crippen LogP contribution is -2.44. The summed E-state index contributed by atoms with van der Waals surface area (Å²) in [6.07, 6.45) is -1.01. The number of aliphatic hydroxyl groups excluding tert-OH is 1. The van der Waals surface area contributed by atoms with Gasteiger partial charge in [-0.05, 0) is 59.6 Å². The molecule has 0 unspecified atom stereocenters. The van der Waals surface area contributed by atoms with Gasteiger partial charge in [0.1, 0.15) is 11.2 Å². The van der Waals surface area contributed by atoms with Crippen LogP contribution in [0.15, 0.2) is 60.7 Å². The zero-order valence-corrected chi connectivity index (χ0v) is 26.2. The van der Waals surface area contributed by atoms with Crippen LogP contribution in [0, 0.1) is 0 Å². The van der Waals surface area contributed by atoms with Gasteiger partial charge in [0, 0.05) is 6.61 Å². The molecule has 10 nitrogen and oxygen atoms in total. The van der Waals surface area contributed by atoms with Crippen molar-refractivity contribution in [3.8, 4) is 0 Å². The lowest BCUT2D eigenvalue weighted by Gasteiger charge is -2.23. The van der Waals surface area contributed by atoms with Gasteiger partial charge in [-0.1, -0.05) is 60.7 Å². The van der Waals surface area contributed by atoms with E-state index in [2.05, 4.69) is 10.6 Å². The number of hydrogen-bond donors (Lipinski definition) is 3. The number of hydrogen-bond acceptors (Lipinski definition) is 8. The van der Waals surface area contributed by atoms with Crippen LogP contribution in [0.3, 0.4) is 0 Å². The Kier molecular flexibility index (Phi) is 17.4. The molecule has 0 saturated heterocycles. The average molecular weight is 591 g/mol. The second-order valence-electron chi connectivity index (χ2n) is 11.5. The van der Waals surface area contributed by atoms with Crippen molar-refractivity contribution in [1.29, 1.82) is 0 Å². The van der Waals surface area contributed by atoms with E-state index in [0.717, 1.165) is 11.1 Å². The molecule has 42 heavy (non-hydrogen) atoms. The van der Waals surface area contributed by atoms with Crippen LogP contribution >= 0.6 is 0 Å². The molecule has 0 aliphatic carbocycles. The van der Waals surface area contributed by atoms with Gasteiger partial charge in [0.15, 0.2) is 0 Å². The predicted molar refractivity (Wildman–Crippen MR) is 162 cm³/mol. The molecule has 0 radical (unpaired) electrons. The third-order valence-electron chi connectivity index (χ3n) is 5.05. The van der Waals surface area contributed by atoms with Gasteiger partial charge in [-0.15, -0.1) is 0 Å². The van der Waals surface area contributed by atoms with Gasteiger partial charge in [0.25, 0.3) is 0 Å². The summed E-state index contributed by atoms with van der Waals surface area (Å²) in [6.45, 7) is 15.1. The third-order valence-corrected chi connectivity index (χ3v) is 5.05. The smallest absolute Gasteiger partial charge is 0.408 e. The molecule has 0 heterocycles. The normalized spacial score (nSPS) is 12.8. The fourth-order valence-corrected chi connectivity index (χ4v) is 3.27. The topological polar surface area (TPSA) is 125 Å². The van der Waals surface area contributed by atoms with E-state index in [0.29, 0.717) is 33.0 Å². The van der Waals surface area contributed by atoms with Crippen molar-refractivity contribution in [2.75, 3.05) is 33.0 Å². The molecular weight excluding hydrogens is 540 g/mol. The van der Waals surface area contributed by atoms with Crippen LogP contribution in [0.2, 0.25) is 0 Å². The third kappa shape index (κ3) is 19.8. The Morgan fingerprint density at radius 1 is 0.667 bits per heavy atom. The summed E-state index contributed by atoms with van der Waals surface area (Å²) in [5.74, 6) is 0. The van der Waals surface area contributed by atoms with Crippen molar-refractivity contribution in [1.82, 2.24) is 10.6 Å². The van der Waals surface area contributed by atoms with E-state index in [1.54, 1.807) is 20.8 Å².